The molecule has 2 aromatic carbocycles. The topological polar surface area (TPSA) is 59.1 Å². The number of hydrogen-bond donors (Lipinski definition) is 0. The molecule has 10 heteroatoms. The molecule has 4 rings (SSSR count). The van der Waals surface area contributed by atoms with Crippen LogP contribution in [0, 0.1) is 11.3 Å². The average molecular weight is 567 g/mol. The Morgan fingerprint density at radius 2 is 1.67 bits per heavy atom. The number of nitrogens with zero attached hydrogens (tertiary/aromatic N) is 2. The lowest BCUT2D eigenvalue weighted by atomic mass is 9.76. The largest absolute Gasteiger partial charge is 0.493 e. The molecule has 2 aromatic rings. The van der Waals surface area contributed by atoms with E-state index >= 15 is 0 Å². The van der Waals surface area contributed by atoms with Crippen LogP contribution >= 0.6 is 11.6 Å². The van der Waals surface area contributed by atoms with Gasteiger partial charge in [-0.3, -0.25) is 9.69 Å². The van der Waals surface area contributed by atoms with E-state index in [0.29, 0.717) is 62.0 Å². The van der Waals surface area contributed by atoms with Gasteiger partial charge in [-0.1, -0.05) is 55.8 Å². The summed E-state index contributed by atoms with van der Waals surface area (Å²) >= 11 is 5.93. The minimum atomic E-state index is -5.14. The van der Waals surface area contributed by atoms with E-state index in [-0.39, 0.29) is 18.9 Å². The van der Waals surface area contributed by atoms with Crippen LogP contribution in [0.5, 0.6) is 5.75 Å². The number of ether oxygens (including phenoxy) is 2. The van der Waals surface area contributed by atoms with E-state index in [4.69, 9.17) is 21.1 Å². The quantitative estimate of drug-likeness (QED) is 0.374. The Balaban J connectivity index is 1.47. The summed E-state index contributed by atoms with van der Waals surface area (Å²) in [6.45, 7) is 6.83. The molecular formula is C29H34ClF3N2O4. The maximum Gasteiger partial charge on any atom is 0.491 e. The monoisotopic (exact) mass is 566 g/mol. The molecule has 0 saturated carbocycles. The van der Waals surface area contributed by atoms with Gasteiger partial charge in [-0.05, 0) is 62.0 Å². The first-order valence-electron chi connectivity index (χ1n) is 13.2. The fraction of sp³-hybridized carbons (Fsp3) is 0.517. The van der Waals surface area contributed by atoms with Crippen molar-refractivity contribution in [1.29, 1.82) is 0 Å². The summed E-state index contributed by atoms with van der Waals surface area (Å²) in [6.07, 6.45) is -4.96. The normalized spacial score (nSPS) is 19.5. The van der Waals surface area contributed by atoms with Crippen LogP contribution < -0.4 is 4.74 Å². The summed E-state index contributed by atoms with van der Waals surface area (Å²) in [5, 5.41) is 0.518. The summed E-state index contributed by atoms with van der Waals surface area (Å²) in [4.78, 5) is 28.7. The number of hydrogen-bond acceptors (Lipinski definition) is 5. The zero-order chi connectivity index (χ0) is 28.2. The van der Waals surface area contributed by atoms with E-state index in [1.807, 2.05) is 24.3 Å². The molecule has 2 saturated heterocycles. The predicted octanol–water partition coefficient (Wildman–Crippen LogP) is 5.86. The highest BCUT2D eigenvalue weighted by atomic mass is 35.5. The Labute approximate surface area is 232 Å². The number of carbonyl (C=O) groups is 2. The maximum atomic E-state index is 13.2. The van der Waals surface area contributed by atoms with Crippen molar-refractivity contribution in [1.82, 2.24) is 9.80 Å². The minimum absolute atomic E-state index is 0.0212. The van der Waals surface area contributed by atoms with Crippen molar-refractivity contribution in [3.8, 4) is 5.75 Å². The SMILES string of the molecule is CC(C)COc1ccccc1CN1CCC2(CC1)CCN(C(=O)Cc1ccc(Cl)cc1)C2OC(=O)C(F)(F)F. The van der Waals surface area contributed by atoms with Crippen molar-refractivity contribution in [3.05, 3.63) is 64.7 Å². The van der Waals surface area contributed by atoms with Gasteiger partial charge >= 0.3 is 12.1 Å². The molecule has 0 aliphatic carbocycles. The van der Waals surface area contributed by atoms with Crippen LogP contribution in [0.3, 0.4) is 0 Å². The standard InChI is InChI=1S/C29H34ClF3N2O4/c1-20(2)19-38-24-6-4-3-5-22(24)18-34-14-11-28(12-15-34)13-16-35(26(28)39-27(37)29(31,32)33)25(36)17-21-7-9-23(30)10-8-21/h3-10,20,26H,11-19H2,1-2H3. The van der Waals surface area contributed by atoms with Gasteiger partial charge in [-0.25, -0.2) is 4.79 Å². The van der Waals surface area contributed by atoms with E-state index in [9.17, 15) is 22.8 Å². The lowest BCUT2D eigenvalue weighted by Crippen LogP contribution is -2.51. The average Bonchev–Trinajstić information content (AvgIpc) is 3.23. The van der Waals surface area contributed by atoms with Gasteiger partial charge in [0.15, 0.2) is 6.23 Å². The summed E-state index contributed by atoms with van der Waals surface area (Å²) in [5.74, 6) is -1.44. The molecule has 0 bridgehead atoms. The molecule has 0 N–H and O–H groups in total. The maximum absolute atomic E-state index is 13.2. The van der Waals surface area contributed by atoms with Gasteiger partial charge in [0.05, 0.1) is 13.0 Å². The van der Waals surface area contributed by atoms with Crippen LogP contribution in [0.25, 0.3) is 0 Å². The van der Waals surface area contributed by atoms with Crippen molar-refractivity contribution >= 4 is 23.5 Å². The third-order valence-electron chi connectivity index (χ3n) is 7.49. The second kappa shape index (κ2) is 12.2. The number of likely N-dealkylation sites (tertiary alicyclic amines) is 2. The smallest absolute Gasteiger partial charge is 0.491 e. The Kier molecular flexibility index (Phi) is 9.11. The molecule has 1 amide bonds. The van der Waals surface area contributed by atoms with Crippen molar-refractivity contribution < 1.29 is 32.2 Å². The minimum Gasteiger partial charge on any atom is -0.493 e. The van der Waals surface area contributed by atoms with Crippen molar-refractivity contribution in [3.63, 3.8) is 0 Å². The van der Waals surface area contributed by atoms with Crippen molar-refractivity contribution in [2.45, 2.75) is 58.5 Å². The second-order valence-electron chi connectivity index (χ2n) is 10.8. The van der Waals surface area contributed by atoms with E-state index < -0.39 is 23.8 Å². The molecule has 39 heavy (non-hydrogen) atoms. The van der Waals surface area contributed by atoms with Gasteiger partial charge in [-0.15, -0.1) is 0 Å². The Morgan fingerprint density at radius 1 is 1.03 bits per heavy atom. The fourth-order valence-electron chi connectivity index (χ4n) is 5.33. The number of esters is 1. The lowest BCUT2D eigenvalue weighted by molar-refractivity contribution is -0.219. The predicted molar refractivity (Wildman–Crippen MR) is 141 cm³/mol. The molecule has 2 aliphatic heterocycles. The molecule has 1 spiro atoms. The molecule has 2 heterocycles. The van der Waals surface area contributed by atoms with Crippen LogP contribution in [-0.2, 0) is 27.3 Å². The van der Waals surface area contributed by atoms with Gasteiger partial charge in [0.2, 0.25) is 5.91 Å². The van der Waals surface area contributed by atoms with Gasteiger partial charge < -0.3 is 14.4 Å². The number of amides is 1. The van der Waals surface area contributed by atoms with Crippen molar-refractivity contribution in [2.75, 3.05) is 26.2 Å². The summed E-state index contributed by atoms with van der Waals surface area (Å²) in [5.41, 5.74) is 0.987. The fourth-order valence-corrected chi connectivity index (χ4v) is 5.46. The molecule has 212 valence electrons. The van der Waals surface area contributed by atoms with E-state index in [1.165, 1.54) is 4.90 Å². The lowest BCUT2D eigenvalue weighted by Gasteiger charge is -2.43. The first kappa shape index (κ1) is 29.2. The first-order valence-corrected chi connectivity index (χ1v) is 13.6. The first-order chi connectivity index (χ1) is 18.5. The Hall–Kier alpha value is -2.78. The summed E-state index contributed by atoms with van der Waals surface area (Å²) < 4.78 is 50.7. The van der Waals surface area contributed by atoms with Crippen LogP contribution in [0.2, 0.25) is 5.02 Å². The molecule has 1 atom stereocenters. The molecule has 6 nitrogen and oxygen atoms in total. The molecule has 1 unspecified atom stereocenters. The highest BCUT2D eigenvalue weighted by molar-refractivity contribution is 6.30. The number of benzene rings is 2. The molecule has 0 radical (unpaired) electrons. The second-order valence-corrected chi connectivity index (χ2v) is 11.3. The molecular weight excluding hydrogens is 533 g/mol. The number of halogens is 4. The Morgan fingerprint density at radius 3 is 2.31 bits per heavy atom. The van der Waals surface area contributed by atoms with Crippen LogP contribution in [0.4, 0.5) is 13.2 Å². The highest BCUT2D eigenvalue weighted by Gasteiger charge is 2.55. The number of para-hydroxylation sites is 1. The molecule has 2 aliphatic rings. The highest BCUT2D eigenvalue weighted by Crippen LogP contribution is 2.47. The van der Waals surface area contributed by atoms with Gasteiger partial charge in [0.25, 0.3) is 0 Å². The van der Waals surface area contributed by atoms with E-state index in [2.05, 4.69) is 18.7 Å². The van der Waals surface area contributed by atoms with Gasteiger partial charge in [0.1, 0.15) is 5.75 Å². The van der Waals surface area contributed by atoms with Crippen LogP contribution in [0.15, 0.2) is 48.5 Å². The molecule has 0 aromatic heterocycles. The van der Waals surface area contributed by atoms with Crippen molar-refractivity contribution in [2.24, 2.45) is 11.3 Å². The Bertz CT molecular complexity index is 1150. The number of rotatable bonds is 8. The third-order valence-corrected chi connectivity index (χ3v) is 7.74. The van der Waals surface area contributed by atoms with Gasteiger partial charge in [0, 0.05) is 29.1 Å². The molecule has 2 fully saturated rings. The van der Waals surface area contributed by atoms with Crippen LogP contribution in [-0.4, -0.2) is 60.3 Å². The van der Waals surface area contributed by atoms with E-state index in [0.717, 1.165) is 11.3 Å². The number of piperidine rings is 1. The zero-order valence-corrected chi connectivity index (χ0v) is 22.9. The summed E-state index contributed by atoms with van der Waals surface area (Å²) in [6, 6.07) is 14.5. The summed E-state index contributed by atoms with van der Waals surface area (Å²) in [7, 11) is 0. The van der Waals surface area contributed by atoms with Crippen LogP contribution in [0.1, 0.15) is 44.2 Å². The zero-order valence-electron chi connectivity index (χ0n) is 22.2. The van der Waals surface area contributed by atoms with E-state index in [1.54, 1.807) is 24.3 Å². The third kappa shape index (κ3) is 7.25. The van der Waals surface area contributed by atoms with Gasteiger partial charge in [-0.2, -0.15) is 13.2 Å². The number of alkyl halides is 3. The number of carbonyl (C=O) groups excluding carboxylic acids is 2.